The molecule has 0 aliphatic carbocycles. The molecule has 1 N–H and O–H groups in total. The summed E-state index contributed by atoms with van der Waals surface area (Å²) in [6.45, 7) is -0.00134. The summed E-state index contributed by atoms with van der Waals surface area (Å²) < 4.78 is 5.04. The second-order valence-corrected chi connectivity index (χ2v) is 5.86. The molecule has 0 atom stereocenters. The van der Waals surface area contributed by atoms with Crippen molar-refractivity contribution >= 4 is 29.2 Å². The highest BCUT2D eigenvalue weighted by Crippen LogP contribution is 2.14. The molecule has 0 aliphatic rings. The van der Waals surface area contributed by atoms with Gasteiger partial charge < -0.3 is 15.0 Å². The lowest BCUT2D eigenvalue weighted by atomic mass is 10.2. The van der Waals surface area contributed by atoms with Gasteiger partial charge in [0, 0.05) is 31.4 Å². The third-order valence-electron chi connectivity index (χ3n) is 3.31. The van der Waals surface area contributed by atoms with E-state index in [1.807, 2.05) is 37.2 Å². The van der Waals surface area contributed by atoms with Gasteiger partial charge in [0.25, 0.3) is 5.91 Å². The first kappa shape index (κ1) is 17.8. The van der Waals surface area contributed by atoms with Crippen molar-refractivity contribution in [1.29, 1.82) is 0 Å². The molecule has 0 fully saturated rings. The zero-order chi connectivity index (χ0) is 17.5. The summed E-state index contributed by atoms with van der Waals surface area (Å²) in [5.41, 5.74) is 2.17. The monoisotopic (exact) mass is 346 g/mol. The van der Waals surface area contributed by atoms with Crippen LogP contribution in [0.25, 0.3) is 0 Å². The van der Waals surface area contributed by atoms with Gasteiger partial charge in [-0.2, -0.15) is 0 Å². The van der Waals surface area contributed by atoms with Crippen LogP contribution in [0.1, 0.15) is 15.9 Å². The summed E-state index contributed by atoms with van der Waals surface area (Å²) >= 11 is 5.88. The highest BCUT2D eigenvalue weighted by atomic mass is 35.5. The van der Waals surface area contributed by atoms with Crippen LogP contribution >= 0.6 is 11.6 Å². The van der Waals surface area contributed by atoms with Gasteiger partial charge in [-0.3, -0.25) is 4.79 Å². The Morgan fingerprint density at radius 1 is 1.12 bits per heavy atom. The normalized spacial score (nSPS) is 10.1. The lowest BCUT2D eigenvalue weighted by Crippen LogP contribution is -2.28. The Hall–Kier alpha value is -2.53. The number of carbonyl (C=O) groups excluding carboxylic acids is 2. The van der Waals surface area contributed by atoms with E-state index in [-0.39, 0.29) is 12.5 Å². The molecule has 2 aromatic carbocycles. The number of ether oxygens (including phenoxy) is 1. The van der Waals surface area contributed by atoms with Crippen LogP contribution in [0.4, 0.5) is 5.69 Å². The van der Waals surface area contributed by atoms with Crippen molar-refractivity contribution in [2.24, 2.45) is 0 Å². The number of carbonyl (C=O) groups is 2. The molecule has 0 heterocycles. The van der Waals surface area contributed by atoms with Crippen molar-refractivity contribution in [2.45, 2.75) is 6.54 Å². The smallest absolute Gasteiger partial charge is 0.338 e. The highest BCUT2D eigenvalue weighted by Gasteiger charge is 2.11. The maximum absolute atomic E-state index is 12.0. The SMILES string of the molecule is CN(C)c1cccc(C(=O)OCC(=O)NCc2cccc(Cl)c2)c1. The Kier molecular flexibility index (Phi) is 6.21. The van der Waals surface area contributed by atoms with Crippen LogP contribution in [-0.4, -0.2) is 32.6 Å². The molecule has 2 rings (SSSR count). The summed E-state index contributed by atoms with van der Waals surface area (Å²) in [4.78, 5) is 25.7. The zero-order valence-electron chi connectivity index (χ0n) is 13.6. The van der Waals surface area contributed by atoms with Crippen molar-refractivity contribution in [3.8, 4) is 0 Å². The van der Waals surface area contributed by atoms with E-state index in [9.17, 15) is 9.59 Å². The Balaban J connectivity index is 1.83. The van der Waals surface area contributed by atoms with E-state index in [2.05, 4.69) is 5.32 Å². The number of benzene rings is 2. The average molecular weight is 347 g/mol. The second kappa shape index (κ2) is 8.36. The molecule has 0 saturated heterocycles. The number of nitrogens with zero attached hydrogens (tertiary/aromatic N) is 1. The van der Waals surface area contributed by atoms with E-state index in [4.69, 9.17) is 16.3 Å². The quantitative estimate of drug-likeness (QED) is 0.817. The number of esters is 1. The summed E-state index contributed by atoms with van der Waals surface area (Å²) in [5.74, 6) is -0.899. The minimum absolute atomic E-state index is 0.326. The molecule has 6 heteroatoms. The predicted molar refractivity (Wildman–Crippen MR) is 94.4 cm³/mol. The average Bonchev–Trinajstić information content (AvgIpc) is 2.58. The number of amides is 1. The first-order valence-electron chi connectivity index (χ1n) is 7.41. The molecule has 1 amide bonds. The molecular formula is C18H19ClN2O3. The fourth-order valence-corrected chi connectivity index (χ4v) is 2.24. The minimum Gasteiger partial charge on any atom is -0.452 e. The number of nitrogens with one attached hydrogen (secondary N) is 1. The van der Waals surface area contributed by atoms with Crippen LogP contribution in [0.2, 0.25) is 5.02 Å². The second-order valence-electron chi connectivity index (χ2n) is 5.43. The third kappa shape index (κ3) is 5.28. The van der Waals surface area contributed by atoms with Crippen LogP contribution in [0.3, 0.4) is 0 Å². The lowest BCUT2D eigenvalue weighted by molar-refractivity contribution is -0.124. The lowest BCUT2D eigenvalue weighted by Gasteiger charge is -2.13. The van der Waals surface area contributed by atoms with Gasteiger partial charge in [-0.05, 0) is 35.9 Å². The molecule has 126 valence electrons. The summed E-state index contributed by atoms with van der Waals surface area (Å²) in [6, 6.07) is 14.2. The summed E-state index contributed by atoms with van der Waals surface area (Å²) in [7, 11) is 3.77. The fraction of sp³-hybridized carbons (Fsp3) is 0.222. The van der Waals surface area contributed by atoms with Gasteiger partial charge in [0.05, 0.1) is 5.56 Å². The summed E-state index contributed by atoms with van der Waals surface area (Å²) in [6.07, 6.45) is 0. The largest absolute Gasteiger partial charge is 0.452 e. The number of rotatable bonds is 6. The molecule has 0 aromatic heterocycles. The molecule has 0 bridgehead atoms. The number of hydrogen-bond acceptors (Lipinski definition) is 4. The third-order valence-corrected chi connectivity index (χ3v) is 3.55. The first-order chi connectivity index (χ1) is 11.5. The van der Waals surface area contributed by atoms with Gasteiger partial charge in [0.1, 0.15) is 0 Å². The van der Waals surface area contributed by atoms with Crippen LogP contribution in [0.5, 0.6) is 0 Å². The van der Waals surface area contributed by atoms with E-state index in [0.717, 1.165) is 11.3 Å². The molecule has 0 aliphatic heterocycles. The molecule has 24 heavy (non-hydrogen) atoms. The first-order valence-corrected chi connectivity index (χ1v) is 7.79. The van der Waals surface area contributed by atoms with E-state index in [1.54, 1.807) is 30.3 Å². The molecule has 0 spiro atoms. The van der Waals surface area contributed by atoms with Crippen LogP contribution in [-0.2, 0) is 16.1 Å². The van der Waals surface area contributed by atoms with E-state index in [0.29, 0.717) is 17.1 Å². The van der Waals surface area contributed by atoms with Crippen molar-refractivity contribution < 1.29 is 14.3 Å². The van der Waals surface area contributed by atoms with Gasteiger partial charge in [-0.1, -0.05) is 29.8 Å². The number of hydrogen-bond donors (Lipinski definition) is 1. The van der Waals surface area contributed by atoms with Crippen molar-refractivity contribution in [1.82, 2.24) is 5.32 Å². The Labute approximate surface area is 146 Å². The van der Waals surface area contributed by atoms with E-state index < -0.39 is 5.97 Å². The van der Waals surface area contributed by atoms with Crippen molar-refractivity contribution in [3.63, 3.8) is 0 Å². The molecule has 0 unspecified atom stereocenters. The van der Waals surface area contributed by atoms with Gasteiger partial charge >= 0.3 is 5.97 Å². The zero-order valence-corrected chi connectivity index (χ0v) is 14.3. The number of anilines is 1. The Morgan fingerprint density at radius 2 is 1.88 bits per heavy atom. The van der Waals surface area contributed by atoms with Crippen molar-refractivity contribution in [2.75, 3.05) is 25.6 Å². The standard InChI is InChI=1S/C18H19ClN2O3/c1-21(2)16-8-4-6-14(10-16)18(23)24-12-17(22)20-11-13-5-3-7-15(19)9-13/h3-10H,11-12H2,1-2H3,(H,20,22). The van der Waals surface area contributed by atoms with E-state index >= 15 is 0 Å². The van der Waals surface area contributed by atoms with Gasteiger partial charge in [0.15, 0.2) is 6.61 Å². The highest BCUT2D eigenvalue weighted by molar-refractivity contribution is 6.30. The van der Waals surface area contributed by atoms with Gasteiger partial charge in [0.2, 0.25) is 0 Å². The summed E-state index contributed by atoms with van der Waals surface area (Å²) in [5, 5.41) is 3.29. The van der Waals surface area contributed by atoms with Crippen LogP contribution in [0, 0.1) is 0 Å². The maximum Gasteiger partial charge on any atom is 0.338 e. The van der Waals surface area contributed by atoms with Crippen LogP contribution < -0.4 is 10.2 Å². The molecule has 2 aromatic rings. The Morgan fingerprint density at radius 3 is 2.58 bits per heavy atom. The van der Waals surface area contributed by atoms with Crippen LogP contribution in [0.15, 0.2) is 48.5 Å². The number of halogens is 1. The van der Waals surface area contributed by atoms with E-state index in [1.165, 1.54) is 0 Å². The molecule has 5 nitrogen and oxygen atoms in total. The topological polar surface area (TPSA) is 58.6 Å². The minimum atomic E-state index is -0.531. The van der Waals surface area contributed by atoms with Gasteiger partial charge in [-0.25, -0.2) is 4.79 Å². The van der Waals surface area contributed by atoms with Crippen molar-refractivity contribution in [3.05, 3.63) is 64.7 Å². The predicted octanol–water partition coefficient (Wildman–Crippen LogP) is 2.88. The molecule has 0 saturated carbocycles. The molecular weight excluding hydrogens is 328 g/mol. The fourth-order valence-electron chi connectivity index (χ4n) is 2.02. The maximum atomic E-state index is 12.0. The Bertz CT molecular complexity index is 732. The molecule has 0 radical (unpaired) electrons. The van der Waals surface area contributed by atoms with Gasteiger partial charge in [-0.15, -0.1) is 0 Å².